The van der Waals surface area contributed by atoms with Gasteiger partial charge in [0.05, 0.1) is 93.7 Å². The fraction of sp³-hybridized carbons (Fsp3) is 0.400. The van der Waals surface area contributed by atoms with Crippen LogP contribution in [0.4, 0.5) is 11.4 Å². The van der Waals surface area contributed by atoms with Crippen LogP contribution in [0, 0.1) is 0 Å². The van der Waals surface area contributed by atoms with Crippen LogP contribution in [0.3, 0.4) is 0 Å². The van der Waals surface area contributed by atoms with Crippen molar-refractivity contribution in [1.82, 2.24) is 0 Å². The zero-order valence-corrected chi connectivity index (χ0v) is 35.2. The highest BCUT2D eigenvalue weighted by Crippen LogP contribution is 2.46. The van der Waals surface area contributed by atoms with Crippen LogP contribution in [0.1, 0.15) is 105 Å². The van der Waals surface area contributed by atoms with E-state index in [0.29, 0.717) is 22.3 Å². The monoisotopic (exact) mass is 782 g/mol. The van der Waals surface area contributed by atoms with Crippen molar-refractivity contribution < 1.29 is 27.0 Å². The van der Waals surface area contributed by atoms with Gasteiger partial charge < -0.3 is 21.7 Å². The number of rotatable bonds is 0. The van der Waals surface area contributed by atoms with E-state index in [9.17, 15) is 27.0 Å². The second-order valence-electron chi connectivity index (χ2n) is 17.5. The number of anilines is 2. The number of benzene rings is 4. The molecule has 4 aromatic rings. The maximum atomic E-state index is 14.9. The van der Waals surface area contributed by atoms with E-state index in [1.165, 1.54) is 0 Å². The van der Waals surface area contributed by atoms with E-state index in [0.717, 1.165) is 0 Å². The summed E-state index contributed by atoms with van der Waals surface area (Å²) >= 11 is 0. The third-order valence-corrected chi connectivity index (χ3v) is 15.1. The van der Waals surface area contributed by atoms with Gasteiger partial charge >= 0.3 is 0 Å². The van der Waals surface area contributed by atoms with Gasteiger partial charge in [0.25, 0.3) is 0 Å². The molecule has 1 aliphatic heterocycles. The molecule has 0 aromatic heterocycles. The minimum atomic E-state index is -2.25. The topological polar surface area (TPSA) is 161 Å². The van der Waals surface area contributed by atoms with Crippen LogP contribution in [-0.4, -0.2) is 27.0 Å². The van der Waals surface area contributed by atoms with E-state index < -0.39 is 76.4 Å². The molecular formula is C40H50N2O6S4. The molecule has 0 fully saturated rings. The molecule has 0 saturated carbocycles. The van der Waals surface area contributed by atoms with Crippen molar-refractivity contribution in [2.24, 2.45) is 0 Å². The molecule has 0 spiro atoms. The summed E-state index contributed by atoms with van der Waals surface area (Å²) in [6.45, 7) is 23.4. The van der Waals surface area contributed by atoms with Crippen LogP contribution < -0.4 is 11.5 Å². The first-order valence-corrected chi connectivity index (χ1v) is 21.5. The Balaban J connectivity index is 2.05. The number of nitrogens with two attached hydrogens (primary N) is 2. The zero-order chi connectivity index (χ0) is 39.2. The summed E-state index contributed by atoms with van der Waals surface area (Å²) in [5.41, 5.74) is 14.1. The predicted molar refractivity (Wildman–Crippen MR) is 211 cm³/mol. The minimum absolute atomic E-state index is 0.0130. The maximum absolute atomic E-state index is 14.9. The first kappa shape index (κ1) is 39.9. The van der Waals surface area contributed by atoms with Crippen molar-refractivity contribution in [2.45, 2.75) is 144 Å². The van der Waals surface area contributed by atoms with Crippen molar-refractivity contribution in [1.29, 1.82) is 0 Å². The number of fused-ring (bicyclic) bond motifs is 8. The number of phenols is 2. The largest absolute Gasteiger partial charge is 0.505 e. The van der Waals surface area contributed by atoms with Gasteiger partial charge in [-0.05, 0) is 92.4 Å². The molecule has 5 rings (SSSR count). The van der Waals surface area contributed by atoms with Crippen LogP contribution in [-0.2, 0) is 64.9 Å². The Bertz CT molecular complexity index is 1820. The van der Waals surface area contributed by atoms with Crippen molar-refractivity contribution in [3.63, 3.8) is 0 Å². The van der Waals surface area contributed by atoms with E-state index >= 15 is 0 Å². The molecule has 0 aliphatic carbocycles. The normalized spacial score (nSPS) is 19.8. The third-order valence-electron chi connectivity index (χ3n) is 9.35. The molecule has 2 atom stereocenters. The molecular weight excluding hydrogens is 733 g/mol. The predicted octanol–water partition coefficient (Wildman–Crippen LogP) is 8.43. The number of nitrogen functional groups attached to an aromatic ring is 2. The van der Waals surface area contributed by atoms with Crippen LogP contribution in [0.25, 0.3) is 0 Å². The molecule has 1 aliphatic rings. The average molecular weight is 783 g/mol. The summed E-state index contributed by atoms with van der Waals surface area (Å²) < 4.78 is 59.4. The van der Waals surface area contributed by atoms with Gasteiger partial charge in [-0.15, -0.1) is 0 Å². The van der Waals surface area contributed by atoms with E-state index in [2.05, 4.69) is 0 Å². The molecule has 280 valence electrons. The van der Waals surface area contributed by atoms with Crippen LogP contribution in [0.15, 0.2) is 87.7 Å². The summed E-state index contributed by atoms with van der Waals surface area (Å²) in [4.78, 5) is 0.331. The van der Waals surface area contributed by atoms with Gasteiger partial charge in [0, 0.05) is 0 Å². The molecule has 2 unspecified atom stereocenters. The molecule has 8 bridgehead atoms. The Morgan fingerprint density at radius 1 is 0.365 bits per heavy atom. The average Bonchev–Trinajstić information content (AvgIpc) is 3.01. The second-order valence-corrected chi connectivity index (χ2v) is 23.2. The zero-order valence-electron chi connectivity index (χ0n) is 31.9. The number of hydrogen-bond acceptors (Lipinski definition) is 8. The van der Waals surface area contributed by atoms with E-state index in [1.54, 1.807) is 48.5 Å². The summed E-state index contributed by atoms with van der Waals surface area (Å²) in [7, 11) is -8.64. The van der Waals surface area contributed by atoms with Crippen molar-refractivity contribution >= 4 is 54.6 Å². The fourth-order valence-electron chi connectivity index (χ4n) is 5.75. The third kappa shape index (κ3) is 7.15. The number of hydrogen-bond donors (Lipinski definition) is 4. The molecule has 1 heterocycles. The van der Waals surface area contributed by atoms with Gasteiger partial charge in [0.15, 0.2) is 0 Å². The Labute approximate surface area is 317 Å². The van der Waals surface area contributed by atoms with Gasteiger partial charge in [-0.1, -0.05) is 83.1 Å². The second kappa shape index (κ2) is 13.2. The Morgan fingerprint density at radius 2 is 0.519 bits per heavy atom. The lowest BCUT2D eigenvalue weighted by molar-refractivity contribution is 0.440. The Hall–Kier alpha value is -3.32. The standard InChI is InChI=1S/C40H50N2O6S4/c1-37(2,3)21-13-25-33(41)27(15-21)50(46)29-17-23(39(7,8)9)19-31(35(29)43)52(48)32-20-24(40(10,11)12)18-30(36(32)44)51(47)28-16-22(38(4,5)6)14-26(34(28)42)49(25)45/h13-20,43-44H,41-42H2,1-12H3. The molecule has 12 heteroatoms. The summed E-state index contributed by atoms with van der Waals surface area (Å²) in [6.07, 6.45) is 0. The van der Waals surface area contributed by atoms with Gasteiger partial charge in [-0.2, -0.15) is 0 Å². The quantitative estimate of drug-likeness (QED) is 0.114. The van der Waals surface area contributed by atoms with Crippen LogP contribution in [0.2, 0.25) is 0 Å². The van der Waals surface area contributed by atoms with E-state index in [1.807, 2.05) is 83.1 Å². The molecule has 4 aromatic carbocycles. The molecule has 0 radical (unpaired) electrons. The lowest BCUT2D eigenvalue weighted by Crippen LogP contribution is -2.18. The van der Waals surface area contributed by atoms with Crippen molar-refractivity contribution in [3.8, 4) is 11.5 Å². The highest BCUT2D eigenvalue weighted by Gasteiger charge is 2.34. The summed E-state index contributed by atoms with van der Waals surface area (Å²) in [6, 6.07) is 13.2. The van der Waals surface area contributed by atoms with E-state index in [4.69, 9.17) is 11.5 Å². The molecule has 0 saturated heterocycles. The Kier molecular flexibility index (Phi) is 10.1. The number of aromatic hydroxyl groups is 2. The minimum Gasteiger partial charge on any atom is -0.505 e. The van der Waals surface area contributed by atoms with Crippen LogP contribution in [0.5, 0.6) is 11.5 Å². The van der Waals surface area contributed by atoms with Crippen molar-refractivity contribution in [3.05, 3.63) is 70.8 Å². The number of phenolic OH excluding ortho intramolecular Hbond substituents is 2. The molecule has 8 nitrogen and oxygen atoms in total. The highest BCUT2D eigenvalue weighted by atomic mass is 32.2. The highest BCUT2D eigenvalue weighted by molar-refractivity contribution is 7.87. The van der Waals surface area contributed by atoms with E-state index in [-0.39, 0.29) is 50.5 Å². The van der Waals surface area contributed by atoms with Gasteiger partial charge in [-0.25, -0.2) is 16.8 Å². The fourth-order valence-corrected chi connectivity index (χ4v) is 11.2. The molecule has 6 N–H and O–H groups in total. The summed E-state index contributed by atoms with van der Waals surface area (Å²) in [5, 5.41) is 23.8. The first-order chi connectivity index (χ1) is 23.6. The maximum Gasteiger partial charge on any atom is 0.148 e. The van der Waals surface area contributed by atoms with Gasteiger partial charge in [0.1, 0.15) is 11.5 Å². The van der Waals surface area contributed by atoms with Crippen LogP contribution >= 0.6 is 0 Å². The van der Waals surface area contributed by atoms with Gasteiger partial charge in [-0.3, -0.25) is 0 Å². The molecule has 0 amide bonds. The lowest BCUT2D eigenvalue weighted by atomic mass is 9.87. The first-order valence-electron chi connectivity index (χ1n) is 16.9. The van der Waals surface area contributed by atoms with Gasteiger partial charge in [0.2, 0.25) is 0 Å². The smallest absolute Gasteiger partial charge is 0.148 e. The SMILES string of the molecule is CC(C)(C)c1cc2c(N)c(c1)S(=O)c1cc(C(C)(C)C)cc(c1O)S(=O)c1cc(C(C)(C)C)cc(c1O)S(=O)c1cc(C(C)(C)C)cc(c1N)S2=O. The van der Waals surface area contributed by atoms with Crippen molar-refractivity contribution in [2.75, 3.05) is 11.5 Å². The Morgan fingerprint density at radius 3 is 0.712 bits per heavy atom. The summed E-state index contributed by atoms with van der Waals surface area (Å²) in [5.74, 6) is -0.986. The lowest BCUT2D eigenvalue weighted by Gasteiger charge is -2.26. The molecule has 52 heavy (non-hydrogen) atoms.